The van der Waals surface area contributed by atoms with E-state index >= 15 is 0 Å². The second-order valence-corrected chi connectivity index (χ2v) is 11.3. The summed E-state index contributed by atoms with van der Waals surface area (Å²) in [5.41, 5.74) is 8.86. The van der Waals surface area contributed by atoms with Crippen LogP contribution < -0.4 is 4.90 Å². The largest absolute Gasteiger partial charge is 0.455 e. The van der Waals surface area contributed by atoms with E-state index in [1.165, 1.54) is 31.3 Å². The van der Waals surface area contributed by atoms with Gasteiger partial charge in [-0.05, 0) is 65.2 Å². The lowest BCUT2D eigenvalue weighted by atomic mass is 10.0. The molecule has 8 aromatic rings. The normalized spacial score (nSPS) is 11.6. The number of rotatable bonds is 4. The Morgan fingerprint density at radius 3 is 2.10 bits per heavy atom. The zero-order valence-electron chi connectivity index (χ0n) is 22.0. The molecule has 8 rings (SSSR count). The Labute approximate surface area is 236 Å². The van der Waals surface area contributed by atoms with Crippen molar-refractivity contribution in [2.75, 3.05) is 11.9 Å². The van der Waals surface area contributed by atoms with Gasteiger partial charge in [0, 0.05) is 54.9 Å². The van der Waals surface area contributed by atoms with E-state index in [9.17, 15) is 0 Å². The molecule has 2 aromatic heterocycles. The Kier molecular flexibility index (Phi) is 5.26. The second-order valence-electron chi connectivity index (χ2n) is 10.2. The van der Waals surface area contributed by atoms with Crippen molar-refractivity contribution in [3.8, 4) is 22.3 Å². The number of para-hydroxylation sites is 2. The molecular weight excluding hydrogens is 506 g/mol. The fourth-order valence-corrected chi connectivity index (χ4v) is 6.87. The van der Waals surface area contributed by atoms with Crippen molar-refractivity contribution in [2.24, 2.45) is 0 Å². The van der Waals surface area contributed by atoms with Gasteiger partial charge in [0.1, 0.15) is 11.2 Å². The molecule has 6 aromatic carbocycles. The summed E-state index contributed by atoms with van der Waals surface area (Å²) in [5.74, 6) is 0. The van der Waals surface area contributed by atoms with Gasteiger partial charge in [0.2, 0.25) is 0 Å². The van der Waals surface area contributed by atoms with Gasteiger partial charge in [0.15, 0.2) is 0 Å². The standard InChI is InChI=1S/C37H25NOS/c1-38(27-19-16-24(17-20-27)29-12-7-13-32-30-10-2-4-14-34(30)39-37(29)32)28-9-6-8-25(22-28)26-18-21-36-33(23-26)31-11-3-5-15-35(31)40-36/h2-23H,1H3. The summed E-state index contributed by atoms with van der Waals surface area (Å²) in [6.45, 7) is 0. The Bertz CT molecular complexity index is 2180. The minimum absolute atomic E-state index is 0.924. The Balaban J connectivity index is 1.12. The molecule has 0 unspecified atom stereocenters. The van der Waals surface area contributed by atoms with Gasteiger partial charge >= 0.3 is 0 Å². The van der Waals surface area contributed by atoms with Gasteiger partial charge in [-0.3, -0.25) is 0 Å². The average molecular weight is 532 g/mol. The van der Waals surface area contributed by atoms with Crippen LogP contribution in [0.5, 0.6) is 0 Å². The molecule has 0 aliphatic carbocycles. The molecule has 2 heterocycles. The van der Waals surface area contributed by atoms with Crippen molar-refractivity contribution in [1.82, 2.24) is 0 Å². The van der Waals surface area contributed by atoms with Crippen LogP contribution in [0, 0.1) is 0 Å². The lowest BCUT2D eigenvalue weighted by molar-refractivity contribution is 0.670. The van der Waals surface area contributed by atoms with E-state index < -0.39 is 0 Å². The summed E-state index contributed by atoms with van der Waals surface area (Å²) >= 11 is 1.86. The number of furan rings is 1. The highest BCUT2D eigenvalue weighted by Gasteiger charge is 2.13. The van der Waals surface area contributed by atoms with Crippen molar-refractivity contribution >= 4 is 64.8 Å². The molecule has 0 atom stereocenters. The number of anilines is 2. The monoisotopic (exact) mass is 531 g/mol. The molecule has 0 spiro atoms. The molecule has 0 radical (unpaired) electrons. The predicted octanol–water partition coefficient (Wildman–Crippen LogP) is 11.1. The van der Waals surface area contributed by atoms with Gasteiger partial charge in [0.05, 0.1) is 0 Å². The third kappa shape index (κ3) is 3.70. The number of thiophene rings is 1. The van der Waals surface area contributed by atoms with Crippen LogP contribution >= 0.6 is 11.3 Å². The highest BCUT2D eigenvalue weighted by Crippen LogP contribution is 2.38. The summed E-state index contributed by atoms with van der Waals surface area (Å²) in [7, 11) is 2.13. The van der Waals surface area contributed by atoms with Gasteiger partial charge in [-0.15, -0.1) is 11.3 Å². The Morgan fingerprint density at radius 1 is 0.500 bits per heavy atom. The first-order valence-electron chi connectivity index (χ1n) is 13.5. The summed E-state index contributed by atoms with van der Waals surface area (Å²) in [6, 6.07) is 47.7. The lowest BCUT2D eigenvalue weighted by Crippen LogP contribution is -2.09. The van der Waals surface area contributed by atoms with Gasteiger partial charge in [-0.25, -0.2) is 0 Å². The maximum absolute atomic E-state index is 6.28. The number of hydrogen-bond donors (Lipinski definition) is 0. The maximum atomic E-state index is 6.28. The SMILES string of the molecule is CN(c1ccc(-c2cccc3c2oc2ccccc23)cc1)c1cccc(-c2ccc3sc4ccccc4c3c2)c1. The van der Waals surface area contributed by atoms with Crippen molar-refractivity contribution in [1.29, 1.82) is 0 Å². The van der Waals surface area contributed by atoms with Crippen LogP contribution in [-0.2, 0) is 0 Å². The first-order chi connectivity index (χ1) is 19.7. The van der Waals surface area contributed by atoms with Gasteiger partial charge < -0.3 is 9.32 Å². The zero-order chi connectivity index (χ0) is 26.6. The van der Waals surface area contributed by atoms with Gasteiger partial charge in [-0.1, -0.05) is 84.9 Å². The topological polar surface area (TPSA) is 16.4 Å². The van der Waals surface area contributed by atoms with E-state index in [4.69, 9.17) is 4.42 Å². The van der Waals surface area contributed by atoms with Gasteiger partial charge in [0.25, 0.3) is 0 Å². The molecular formula is C37H25NOS. The summed E-state index contributed by atoms with van der Waals surface area (Å²) in [6.07, 6.45) is 0. The molecule has 3 heteroatoms. The van der Waals surface area contributed by atoms with Crippen LogP contribution in [0.15, 0.2) is 138 Å². The molecule has 0 aliphatic rings. The highest BCUT2D eigenvalue weighted by atomic mass is 32.1. The fraction of sp³-hybridized carbons (Fsp3) is 0.0270. The van der Waals surface area contributed by atoms with Crippen molar-refractivity contribution in [3.63, 3.8) is 0 Å². The molecule has 0 amide bonds. The average Bonchev–Trinajstić information content (AvgIpc) is 3.59. The third-order valence-corrected chi connectivity index (χ3v) is 9.07. The van der Waals surface area contributed by atoms with Crippen LogP contribution in [0.3, 0.4) is 0 Å². The quantitative estimate of drug-likeness (QED) is 0.225. The maximum Gasteiger partial charge on any atom is 0.143 e. The fourth-order valence-electron chi connectivity index (χ4n) is 5.79. The van der Waals surface area contributed by atoms with E-state index in [-0.39, 0.29) is 0 Å². The molecule has 0 aliphatic heterocycles. The smallest absolute Gasteiger partial charge is 0.143 e. The van der Waals surface area contributed by atoms with E-state index in [0.717, 1.165) is 44.4 Å². The van der Waals surface area contributed by atoms with E-state index in [2.05, 4.69) is 133 Å². The molecule has 0 fully saturated rings. The van der Waals surface area contributed by atoms with Crippen molar-refractivity contribution in [2.45, 2.75) is 0 Å². The van der Waals surface area contributed by atoms with Crippen molar-refractivity contribution in [3.05, 3.63) is 133 Å². The lowest BCUT2D eigenvalue weighted by Gasteiger charge is -2.21. The summed E-state index contributed by atoms with van der Waals surface area (Å²) in [4.78, 5) is 2.24. The second kappa shape index (κ2) is 9.11. The first kappa shape index (κ1) is 23.1. The minimum atomic E-state index is 0.924. The molecule has 0 N–H and O–H groups in total. The molecule has 190 valence electrons. The first-order valence-corrected chi connectivity index (χ1v) is 14.3. The predicted molar refractivity (Wildman–Crippen MR) is 172 cm³/mol. The Hall–Kier alpha value is -4.86. The number of benzene rings is 6. The molecule has 0 saturated carbocycles. The number of hydrogen-bond acceptors (Lipinski definition) is 3. The van der Waals surface area contributed by atoms with Crippen LogP contribution in [0.25, 0.3) is 64.4 Å². The zero-order valence-corrected chi connectivity index (χ0v) is 22.8. The molecule has 0 bridgehead atoms. The highest BCUT2D eigenvalue weighted by molar-refractivity contribution is 7.25. The van der Waals surface area contributed by atoms with Crippen LogP contribution in [0.4, 0.5) is 11.4 Å². The van der Waals surface area contributed by atoms with Crippen molar-refractivity contribution < 1.29 is 4.42 Å². The minimum Gasteiger partial charge on any atom is -0.455 e. The molecule has 2 nitrogen and oxygen atoms in total. The van der Waals surface area contributed by atoms with Crippen LogP contribution in [-0.4, -0.2) is 7.05 Å². The van der Waals surface area contributed by atoms with Crippen LogP contribution in [0.2, 0.25) is 0 Å². The summed E-state index contributed by atoms with van der Waals surface area (Å²) in [5, 5.41) is 4.96. The van der Waals surface area contributed by atoms with E-state index in [1.54, 1.807) is 0 Å². The number of fused-ring (bicyclic) bond motifs is 6. The molecule has 0 saturated heterocycles. The Morgan fingerprint density at radius 2 is 1.20 bits per heavy atom. The van der Waals surface area contributed by atoms with E-state index in [0.29, 0.717) is 0 Å². The molecule has 40 heavy (non-hydrogen) atoms. The van der Waals surface area contributed by atoms with E-state index in [1.807, 2.05) is 23.5 Å². The van der Waals surface area contributed by atoms with Crippen LogP contribution in [0.1, 0.15) is 0 Å². The van der Waals surface area contributed by atoms with Gasteiger partial charge in [-0.2, -0.15) is 0 Å². The number of nitrogens with zero attached hydrogens (tertiary/aromatic N) is 1. The summed E-state index contributed by atoms with van der Waals surface area (Å²) < 4.78 is 8.94. The third-order valence-electron chi connectivity index (χ3n) is 7.91.